The van der Waals surface area contributed by atoms with E-state index >= 15 is 0 Å². The van der Waals surface area contributed by atoms with Gasteiger partial charge in [0.15, 0.2) is 16.7 Å². The molecule has 1 unspecified atom stereocenters. The lowest BCUT2D eigenvalue weighted by atomic mass is 9.81. The van der Waals surface area contributed by atoms with Crippen LogP contribution in [0.15, 0.2) is 47.8 Å². The van der Waals surface area contributed by atoms with Gasteiger partial charge in [-0.2, -0.15) is 0 Å². The third-order valence-electron chi connectivity index (χ3n) is 5.48. The van der Waals surface area contributed by atoms with Crippen LogP contribution in [0.3, 0.4) is 0 Å². The second kappa shape index (κ2) is 7.51. The summed E-state index contributed by atoms with van der Waals surface area (Å²) in [6.07, 6.45) is 4.48. The summed E-state index contributed by atoms with van der Waals surface area (Å²) >= 11 is -1.78. The molecular formula is C19H22N4O4S2. The van der Waals surface area contributed by atoms with Gasteiger partial charge in [0.05, 0.1) is 16.0 Å². The molecule has 8 nitrogen and oxygen atoms in total. The molecule has 0 bridgehead atoms. The number of fused-ring (bicyclic) bond motifs is 1. The topological polar surface area (TPSA) is 105 Å². The third kappa shape index (κ3) is 3.67. The van der Waals surface area contributed by atoms with Crippen molar-refractivity contribution in [3.63, 3.8) is 0 Å². The molecule has 1 aliphatic carbocycles. The van der Waals surface area contributed by atoms with E-state index in [1.807, 2.05) is 18.9 Å². The molecule has 1 aromatic carbocycles. The molecule has 1 atom stereocenters. The first-order valence-corrected chi connectivity index (χ1v) is 11.9. The molecule has 0 radical (unpaired) electrons. The predicted octanol–water partition coefficient (Wildman–Crippen LogP) is 2.41. The van der Waals surface area contributed by atoms with E-state index in [2.05, 4.69) is 9.97 Å². The largest absolute Gasteiger partial charge is 0.356 e. The number of anilines is 1. The summed E-state index contributed by atoms with van der Waals surface area (Å²) in [4.78, 5) is 10.8. The minimum Gasteiger partial charge on any atom is -0.356 e. The van der Waals surface area contributed by atoms with Crippen LogP contribution >= 0.6 is 0 Å². The monoisotopic (exact) mass is 434 g/mol. The molecule has 29 heavy (non-hydrogen) atoms. The molecule has 1 saturated carbocycles. The van der Waals surface area contributed by atoms with Crippen LogP contribution in [0.25, 0.3) is 11.0 Å². The average molecular weight is 435 g/mol. The number of rotatable bonds is 6. The van der Waals surface area contributed by atoms with Crippen molar-refractivity contribution in [2.24, 2.45) is 5.92 Å². The lowest BCUT2D eigenvalue weighted by Gasteiger charge is -2.41. The molecule has 1 aliphatic rings. The smallest absolute Gasteiger partial charge is 0.269 e. The molecule has 1 N–H and O–H groups in total. The highest BCUT2D eigenvalue weighted by Crippen LogP contribution is 2.36. The maximum Gasteiger partial charge on any atom is 0.269 e. The molecule has 10 heteroatoms. The van der Waals surface area contributed by atoms with E-state index in [0.29, 0.717) is 16.9 Å². The van der Waals surface area contributed by atoms with Crippen molar-refractivity contribution < 1.29 is 17.2 Å². The van der Waals surface area contributed by atoms with Gasteiger partial charge < -0.3 is 9.45 Å². The quantitative estimate of drug-likeness (QED) is 0.594. The third-order valence-corrected chi connectivity index (χ3v) is 7.91. The Kier molecular flexibility index (Phi) is 5.18. The van der Waals surface area contributed by atoms with Crippen molar-refractivity contribution >= 4 is 38.0 Å². The van der Waals surface area contributed by atoms with Gasteiger partial charge in [-0.05, 0) is 43.9 Å². The summed E-state index contributed by atoms with van der Waals surface area (Å²) in [5.74, 6) is 1.16. The Morgan fingerprint density at radius 1 is 1.21 bits per heavy atom. The van der Waals surface area contributed by atoms with Crippen molar-refractivity contribution in [2.45, 2.75) is 30.7 Å². The summed E-state index contributed by atoms with van der Waals surface area (Å²) in [5, 5.41) is 0.653. The second-order valence-electron chi connectivity index (χ2n) is 7.45. The second-order valence-corrected chi connectivity index (χ2v) is 10.2. The minimum absolute atomic E-state index is 0.193. The van der Waals surface area contributed by atoms with Crippen LogP contribution in [0, 0.1) is 12.8 Å². The fourth-order valence-corrected chi connectivity index (χ4v) is 5.72. The van der Waals surface area contributed by atoms with Gasteiger partial charge in [-0.15, -0.1) is 0 Å². The molecule has 2 heterocycles. The van der Waals surface area contributed by atoms with Crippen LogP contribution in [0.4, 0.5) is 5.82 Å². The van der Waals surface area contributed by atoms with E-state index in [4.69, 9.17) is 4.55 Å². The fraction of sp³-hybridized carbons (Fsp3) is 0.368. The van der Waals surface area contributed by atoms with Gasteiger partial charge in [-0.1, -0.05) is 17.7 Å². The molecule has 3 aromatic rings. The number of hydrogen-bond acceptors (Lipinski definition) is 6. The Morgan fingerprint density at radius 3 is 2.55 bits per heavy atom. The van der Waals surface area contributed by atoms with Gasteiger partial charge in [0.2, 0.25) is 0 Å². The highest BCUT2D eigenvalue weighted by Gasteiger charge is 2.34. The Balaban J connectivity index is 1.65. The Morgan fingerprint density at radius 2 is 1.90 bits per heavy atom. The molecular weight excluding hydrogens is 412 g/mol. The Bertz CT molecular complexity index is 1170. The molecule has 0 aliphatic heterocycles. The van der Waals surface area contributed by atoms with E-state index in [0.717, 1.165) is 18.4 Å². The zero-order valence-corrected chi connectivity index (χ0v) is 17.7. The van der Waals surface area contributed by atoms with Crippen LogP contribution in [-0.4, -0.2) is 50.0 Å². The molecule has 154 valence electrons. The first-order valence-electron chi connectivity index (χ1n) is 9.22. The summed E-state index contributed by atoms with van der Waals surface area (Å²) < 4.78 is 47.4. The number of hydrogen-bond donors (Lipinski definition) is 1. The van der Waals surface area contributed by atoms with E-state index in [-0.39, 0.29) is 22.6 Å². The van der Waals surface area contributed by atoms with Crippen molar-refractivity contribution in [3.8, 4) is 0 Å². The van der Waals surface area contributed by atoms with Crippen molar-refractivity contribution in [1.82, 2.24) is 13.9 Å². The number of aromatic nitrogens is 3. The van der Waals surface area contributed by atoms with Crippen LogP contribution in [0.2, 0.25) is 0 Å². The van der Waals surface area contributed by atoms with Crippen molar-refractivity contribution in [3.05, 3.63) is 48.4 Å². The molecule has 0 amide bonds. The SMILES string of the molecule is Cc1ccc(S(=O)(=O)n2ccc3c(N(C)C4CC(CS(=O)O)C4)ncnc32)cc1. The molecule has 1 fully saturated rings. The standard InChI is InChI=1S/C19H22N4O4S2/c1-13-3-5-16(6-4-13)29(26,27)23-8-7-17-18(20-12-21-19(17)23)22(2)15-9-14(10-15)11-28(24)25/h3-8,12,14-15H,9-11H2,1-2H3,(H,24,25). The molecule has 4 rings (SSSR count). The summed E-state index contributed by atoms with van der Waals surface area (Å²) in [5.41, 5.74) is 1.31. The number of nitrogens with zero attached hydrogens (tertiary/aromatic N) is 4. The Hall–Kier alpha value is -2.30. The van der Waals surface area contributed by atoms with E-state index in [9.17, 15) is 12.6 Å². The van der Waals surface area contributed by atoms with Gasteiger partial charge in [-0.3, -0.25) is 0 Å². The fourth-order valence-electron chi connectivity index (χ4n) is 3.74. The lowest BCUT2D eigenvalue weighted by molar-refractivity contribution is 0.281. The van der Waals surface area contributed by atoms with Crippen LogP contribution in [0.1, 0.15) is 18.4 Å². The van der Waals surface area contributed by atoms with Gasteiger partial charge in [-0.25, -0.2) is 26.6 Å². The van der Waals surface area contributed by atoms with Gasteiger partial charge in [0, 0.05) is 19.3 Å². The highest BCUT2D eigenvalue weighted by atomic mass is 32.2. The normalized spacial score (nSPS) is 20.4. The van der Waals surface area contributed by atoms with Gasteiger partial charge >= 0.3 is 0 Å². The average Bonchev–Trinajstić information content (AvgIpc) is 3.09. The van der Waals surface area contributed by atoms with Crippen LogP contribution in [-0.2, 0) is 21.1 Å². The van der Waals surface area contributed by atoms with E-state index in [1.165, 1.54) is 16.5 Å². The summed E-state index contributed by atoms with van der Waals surface area (Å²) in [6, 6.07) is 8.61. The zero-order chi connectivity index (χ0) is 20.8. The van der Waals surface area contributed by atoms with Gasteiger partial charge in [0.1, 0.15) is 12.1 Å². The minimum atomic E-state index is -3.77. The highest BCUT2D eigenvalue weighted by molar-refractivity contribution is 7.90. The maximum atomic E-state index is 13.1. The van der Waals surface area contributed by atoms with Gasteiger partial charge in [0.25, 0.3) is 10.0 Å². The van der Waals surface area contributed by atoms with Crippen LogP contribution < -0.4 is 4.90 Å². The summed E-state index contributed by atoms with van der Waals surface area (Å²) in [6.45, 7) is 1.90. The first-order chi connectivity index (χ1) is 13.8. The number of aryl methyl sites for hydroxylation is 1. The lowest BCUT2D eigenvalue weighted by Crippen LogP contribution is -2.44. The zero-order valence-electron chi connectivity index (χ0n) is 16.1. The number of benzene rings is 1. The molecule has 0 spiro atoms. The van der Waals surface area contributed by atoms with E-state index < -0.39 is 21.1 Å². The van der Waals surface area contributed by atoms with Crippen molar-refractivity contribution in [2.75, 3.05) is 17.7 Å². The van der Waals surface area contributed by atoms with Crippen LogP contribution in [0.5, 0.6) is 0 Å². The molecule has 2 aromatic heterocycles. The molecule has 0 saturated heterocycles. The first kappa shape index (κ1) is 20.0. The van der Waals surface area contributed by atoms with E-state index in [1.54, 1.807) is 30.3 Å². The van der Waals surface area contributed by atoms with Crippen molar-refractivity contribution in [1.29, 1.82) is 0 Å². The Labute approximate surface area is 171 Å². The maximum absolute atomic E-state index is 13.1. The predicted molar refractivity (Wildman–Crippen MR) is 112 cm³/mol. The summed E-state index contributed by atoms with van der Waals surface area (Å²) in [7, 11) is -1.86.